The molecule has 1 aliphatic carbocycles. The normalized spacial score (nSPS) is 28.9. The van der Waals surface area contributed by atoms with E-state index in [2.05, 4.69) is 13.8 Å². The van der Waals surface area contributed by atoms with E-state index < -0.39 is 0 Å². The molecular formula is C9H17BrMg. The molecule has 0 aromatic rings. The van der Waals surface area contributed by atoms with Gasteiger partial charge in [0, 0.05) is 0 Å². The molecule has 0 nitrogen and oxygen atoms in total. The molecule has 2 atom stereocenters. The molecular weight excluding hydrogens is 212 g/mol. The third-order valence-corrected chi connectivity index (χ3v) is 2.35. The Labute approximate surface area is 97.4 Å². The molecule has 2 heteroatoms. The van der Waals surface area contributed by atoms with Crippen molar-refractivity contribution in [1.29, 1.82) is 0 Å². The van der Waals surface area contributed by atoms with Gasteiger partial charge in [0.1, 0.15) is 0 Å². The molecule has 0 saturated heterocycles. The summed E-state index contributed by atoms with van der Waals surface area (Å²) in [6, 6.07) is 0. The summed E-state index contributed by atoms with van der Waals surface area (Å²) >= 11 is 0. The van der Waals surface area contributed by atoms with Gasteiger partial charge < -0.3 is 23.9 Å². The third-order valence-electron chi connectivity index (χ3n) is 2.35. The predicted octanol–water partition coefficient (Wildman–Crippen LogP) is -0.340. The zero-order valence-electron chi connectivity index (χ0n) is 7.48. The molecule has 0 aliphatic heterocycles. The second-order valence-corrected chi connectivity index (χ2v) is 3.33. The number of hydrogen-bond acceptors (Lipinski definition) is 0. The maximum absolute atomic E-state index is 4.07. The van der Waals surface area contributed by atoms with Crippen LogP contribution in [0.15, 0.2) is 0 Å². The van der Waals surface area contributed by atoms with Crippen molar-refractivity contribution < 1.29 is 17.0 Å². The van der Waals surface area contributed by atoms with Crippen LogP contribution in [-0.2, 0) is 0 Å². The van der Waals surface area contributed by atoms with Crippen LogP contribution < -0.4 is 17.0 Å². The number of halogens is 1. The molecule has 0 heterocycles. The molecule has 11 heavy (non-hydrogen) atoms. The van der Waals surface area contributed by atoms with Crippen LogP contribution >= 0.6 is 0 Å². The molecule has 0 spiro atoms. The summed E-state index contributed by atoms with van der Waals surface area (Å²) in [6.07, 6.45) is 7.02. The monoisotopic (exact) mass is 228 g/mol. The average Bonchev–Trinajstić information content (AvgIpc) is 2.17. The van der Waals surface area contributed by atoms with Crippen LogP contribution in [-0.4, -0.2) is 23.1 Å². The minimum absolute atomic E-state index is 0. The van der Waals surface area contributed by atoms with Gasteiger partial charge in [-0.25, -0.2) is 0 Å². The van der Waals surface area contributed by atoms with Crippen LogP contribution in [0.3, 0.4) is 0 Å². The standard InChI is InChI=1S/C9H17.BrH.Mg/c1-3-4-9-6-5-8(2)7-9;;/h8-9H,2-7H2,1H3;1H;/q-1;;+2/p-1. The maximum atomic E-state index is 4.07. The molecule has 1 rings (SSSR count). The molecule has 0 N–H and O–H groups in total. The van der Waals surface area contributed by atoms with Gasteiger partial charge in [-0.3, -0.25) is 0 Å². The molecule has 0 bridgehead atoms. The van der Waals surface area contributed by atoms with Gasteiger partial charge in [0.05, 0.1) is 0 Å². The molecule has 0 radical (unpaired) electrons. The topological polar surface area (TPSA) is 0 Å². The summed E-state index contributed by atoms with van der Waals surface area (Å²) in [7, 11) is 0. The Hall–Kier alpha value is 1.25. The Bertz CT molecular complexity index is 83.6. The van der Waals surface area contributed by atoms with Crippen LogP contribution in [0, 0.1) is 18.8 Å². The first-order chi connectivity index (χ1) is 4.33. The van der Waals surface area contributed by atoms with Crippen LogP contribution in [0.2, 0.25) is 0 Å². The Morgan fingerprint density at radius 2 is 2.00 bits per heavy atom. The van der Waals surface area contributed by atoms with Crippen LogP contribution in [0.4, 0.5) is 0 Å². The molecule has 0 amide bonds. The second-order valence-electron chi connectivity index (χ2n) is 3.33. The summed E-state index contributed by atoms with van der Waals surface area (Å²) in [4.78, 5) is 0. The Kier molecular flexibility index (Phi) is 10.6. The molecule has 0 aromatic heterocycles. The van der Waals surface area contributed by atoms with Crippen LogP contribution in [0.25, 0.3) is 0 Å². The molecule has 62 valence electrons. The minimum atomic E-state index is 0. The summed E-state index contributed by atoms with van der Waals surface area (Å²) in [5.41, 5.74) is 0. The number of rotatable bonds is 2. The van der Waals surface area contributed by atoms with E-state index in [1.165, 1.54) is 32.1 Å². The smallest absolute Gasteiger partial charge is 1.00 e. The molecule has 1 aliphatic rings. The fraction of sp³-hybridized carbons (Fsp3) is 0.889. The van der Waals surface area contributed by atoms with Crippen molar-refractivity contribution >= 4 is 23.1 Å². The summed E-state index contributed by atoms with van der Waals surface area (Å²) in [5, 5.41) is 0. The maximum Gasteiger partial charge on any atom is 2.00 e. The third kappa shape index (κ3) is 5.48. The van der Waals surface area contributed by atoms with E-state index in [4.69, 9.17) is 0 Å². The van der Waals surface area contributed by atoms with Crippen molar-refractivity contribution in [2.24, 2.45) is 11.8 Å². The SMILES string of the molecule is [Br-].[CH2-]C1CCC(CCC)C1.[Mg+2]. The Morgan fingerprint density at radius 3 is 2.36 bits per heavy atom. The van der Waals surface area contributed by atoms with Gasteiger partial charge in [-0.15, -0.1) is 0 Å². The van der Waals surface area contributed by atoms with E-state index in [1.807, 2.05) is 0 Å². The average molecular weight is 229 g/mol. The van der Waals surface area contributed by atoms with Gasteiger partial charge in [0.15, 0.2) is 0 Å². The molecule has 1 saturated carbocycles. The van der Waals surface area contributed by atoms with E-state index in [9.17, 15) is 0 Å². The van der Waals surface area contributed by atoms with E-state index in [-0.39, 0.29) is 40.0 Å². The first kappa shape index (κ1) is 14.8. The largest absolute Gasteiger partial charge is 2.00 e. The van der Waals surface area contributed by atoms with E-state index in [1.54, 1.807) is 0 Å². The zero-order chi connectivity index (χ0) is 6.69. The summed E-state index contributed by atoms with van der Waals surface area (Å²) in [5.74, 6) is 1.80. The molecule has 2 unspecified atom stereocenters. The van der Waals surface area contributed by atoms with Gasteiger partial charge in [-0.05, 0) is 5.92 Å². The van der Waals surface area contributed by atoms with Crippen molar-refractivity contribution in [3.05, 3.63) is 6.92 Å². The van der Waals surface area contributed by atoms with Gasteiger partial charge in [-0.2, -0.15) is 5.92 Å². The summed E-state index contributed by atoms with van der Waals surface area (Å²) < 4.78 is 0. The predicted molar refractivity (Wildman–Crippen MR) is 46.9 cm³/mol. The minimum Gasteiger partial charge on any atom is -1.00 e. The zero-order valence-corrected chi connectivity index (χ0v) is 10.5. The van der Waals surface area contributed by atoms with Crippen LogP contribution in [0.5, 0.6) is 0 Å². The van der Waals surface area contributed by atoms with Crippen molar-refractivity contribution in [2.75, 3.05) is 0 Å². The second kappa shape index (κ2) is 7.87. The van der Waals surface area contributed by atoms with Crippen molar-refractivity contribution in [3.8, 4) is 0 Å². The molecule has 1 fully saturated rings. The first-order valence-corrected chi connectivity index (χ1v) is 4.16. The van der Waals surface area contributed by atoms with Crippen molar-refractivity contribution in [2.45, 2.75) is 39.0 Å². The van der Waals surface area contributed by atoms with E-state index in [0.29, 0.717) is 0 Å². The van der Waals surface area contributed by atoms with E-state index >= 15 is 0 Å². The first-order valence-electron chi connectivity index (χ1n) is 4.16. The molecule has 0 aromatic carbocycles. The Balaban J connectivity index is 0. The number of hydrogen-bond donors (Lipinski definition) is 0. The van der Waals surface area contributed by atoms with Crippen molar-refractivity contribution in [1.82, 2.24) is 0 Å². The van der Waals surface area contributed by atoms with E-state index in [0.717, 1.165) is 11.8 Å². The summed E-state index contributed by atoms with van der Waals surface area (Å²) in [6.45, 7) is 6.34. The van der Waals surface area contributed by atoms with Gasteiger partial charge in [-0.1, -0.05) is 39.0 Å². The van der Waals surface area contributed by atoms with Gasteiger partial charge in [0.2, 0.25) is 0 Å². The van der Waals surface area contributed by atoms with Gasteiger partial charge in [0.25, 0.3) is 0 Å². The van der Waals surface area contributed by atoms with Gasteiger partial charge >= 0.3 is 23.1 Å². The Morgan fingerprint density at radius 1 is 1.36 bits per heavy atom. The fourth-order valence-electron chi connectivity index (χ4n) is 1.85. The van der Waals surface area contributed by atoms with Crippen molar-refractivity contribution in [3.63, 3.8) is 0 Å². The quantitative estimate of drug-likeness (QED) is 0.449. The van der Waals surface area contributed by atoms with Crippen LogP contribution in [0.1, 0.15) is 39.0 Å². The fourth-order valence-corrected chi connectivity index (χ4v) is 1.85.